The monoisotopic (exact) mass is 312 g/mol. The van der Waals surface area contributed by atoms with Gasteiger partial charge in [-0.05, 0) is 29.7 Å². The van der Waals surface area contributed by atoms with Gasteiger partial charge in [0.1, 0.15) is 12.9 Å². The molecule has 0 radical (unpaired) electrons. The first-order valence-corrected chi connectivity index (χ1v) is 7.67. The van der Waals surface area contributed by atoms with E-state index in [4.69, 9.17) is 14.2 Å². The lowest BCUT2D eigenvalue weighted by Gasteiger charge is -2.22. The fourth-order valence-corrected chi connectivity index (χ4v) is 2.80. The Bertz CT molecular complexity index is 660. The van der Waals surface area contributed by atoms with Crippen LogP contribution in [0.25, 0.3) is 0 Å². The molecule has 3 rings (SSSR count). The van der Waals surface area contributed by atoms with E-state index in [-0.39, 0.29) is 0 Å². The topological polar surface area (TPSA) is 44.8 Å². The Morgan fingerprint density at radius 2 is 2.00 bits per heavy atom. The molecule has 0 N–H and O–H groups in total. The summed E-state index contributed by atoms with van der Waals surface area (Å²) in [7, 11) is 1.60. The summed E-state index contributed by atoms with van der Waals surface area (Å²) in [4.78, 5) is 11.6. The summed E-state index contributed by atoms with van der Waals surface area (Å²) in [6.07, 6.45) is 1.68. The van der Waals surface area contributed by atoms with Crippen molar-refractivity contribution in [1.82, 2.24) is 0 Å². The highest BCUT2D eigenvalue weighted by molar-refractivity contribution is 5.70. The fraction of sp³-hybridized carbons (Fsp3) is 0.316. The first-order valence-electron chi connectivity index (χ1n) is 7.67. The van der Waals surface area contributed by atoms with Crippen LogP contribution in [0.15, 0.2) is 48.5 Å². The zero-order valence-electron chi connectivity index (χ0n) is 13.2. The third-order valence-corrected chi connectivity index (χ3v) is 4.25. The molecule has 0 saturated carbocycles. The Morgan fingerprint density at radius 1 is 1.17 bits per heavy atom. The Balaban J connectivity index is 1.81. The predicted octanol–water partition coefficient (Wildman–Crippen LogP) is 3.13. The maximum Gasteiger partial charge on any atom is 0.161 e. The van der Waals surface area contributed by atoms with E-state index in [0.29, 0.717) is 37.7 Å². The van der Waals surface area contributed by atoms with Crippen LogP contribution in [0.3, 0.4) is 0 Å². The summed E-state index contributed by atoms with van der Waals surface area (Å²) in [5.74, 6) is 1.30. The van der Waals surface area contributed by atoms with Crippen molar-refractivity contribution < 1.29 is 19.0 Å². The Kier molecular flexibility index (Phi) is 4.63. The molecule has 2 aromatic rings. The van der Waals surface area contributed by atoms with E-state index in [1.165, 1.54) is 0 Å². The molecule has 1 unspecified atom stereocenters. The van der Waals surface area contributed by atoms with Gasteiger partial charge in [0.2, 0.25) is 0 Å². The largest absolute Gasteiger partial charge is 0.493 e. The molecule has 1 saturated heterocycles. The first-order chi connectivity index (χ1) is 11.3. The number of rotatable bonds is 6. The lowest BCUT2D eigenvalue weighted by molar-refractivity contribution is -0.112. The Morgan fingerprint density at radius 3 is 2.65 bits per heavy atom. The highest BCUT2D eigenvalue weighted by atomic mass is 16.5. The molecule has 1 aliphatic rings. The molecule has 4 heteroatoms. The lowest BCUT2D eigenvalue weighted by Crippen LogP contribution is -2.28. The van der Waals surface area contributed by atoms with Gasteiger partial charge in [0.15, 0.2) is 11.5 Å². The fourth-order valence-electron chi connectivity index (χ4n) is 2.80. The SMILES string of the molecule is COc1cc(C2(C=O)CCOC2)ccc1OCc1ccccc1. The molecule has 120 valence electrons. The highest BCUT2D eigenvalue weighted by Gasteiger charge is 2.37. The zero-order valence-corrected chi connectivity index (χ0v) is 13.2. The second-order valence-corrected chi connectivity index (χ2v) is 5.72. The van der Waals surface area contributed by atoms with E-state index in [1.54, 1.807) is 7.11 Å². The lowest BCUT2D eigenvalue weighted by atomic mass is 9.81. The van der Waals surface area contributed by atoms with Crippen molar-refractivity contribution in [2.24, 2.45) is 0 Å². The minimum atomic E-state index is -0.564. The maximum atomic E-state index is 11.6. The van der Waals surface area contributed by atoms with E-state index < -0.39 is 5.41 Å². The molecule has 0 spiro atoms. The third kappa shape index (κ3) is 3.22. The molecule has 23 heavy (non-hydrogen) atoms. The second kappa shape index (κ2) is 6.84. The number of methoxy groups -OCH3 is 1. The molecular formula is C19H20O4. The van der Waals surface area contributed by atoms with Crippen LogP contribution >= 0.6 is 0 Å². The molecule has 1 atom stereocenters. The van der Waals surface area contributed by atoms with Crippen molar-refractivity contribution >= 4 is 6.29 Å². The van der Waals surface area contributed by atoms with Gasteiger partial charge in [-0.15, -0.1) is 0 Å². The Labute approximate surface area is 136 Å². The molecule has 0 bridgehead atoms. The van der Waals surface area contributed by atoms with Crippen molar-refractivity contribution in [1.29, 1.82) is 0 Å². The molecule has 0 aliphatic carbocycles. The van der Waals surface area contributed by atoms with Crippen LogP contribution in [-0.4, -0.2) is 26.6 Å². The van der Waals surface area contributed by atoms with Gasteiger partial charge in [-0.1, -0.05) is 36.4 Å². The summed E-state index contributed by atoms with van der Waals surface area (Å²) in [6.45, 7) is 1.50. The van der Waals surface area contributed by atoms with E-state index in [9.17, 15) is 4.79 Å². The van der Waals surface area contributed by atoms with Crippen LogP contribution in [0.4, 0.5) is 0 Å². The van der Waals surface area contributed by atoms with Crippen LogP contribution in [-0.2, 0) is 21.6 Å². The average molecular weight is 312 g/mol. The number of hydrogen-bond acceptors (Lipinski definition) is 4. The molecule has 1 heterocycles. The summed E-state index contributed by atoms with van der Waals surface area (Å²) in [6, 6.07) is 15.6. The third-order valence-electron chi connectivity index (χ3n) is 4.25. The van der Waals surface area contributed by atoms with Gasteiger partial charge < -0.3 is 19.0 Å². The van der Waals surface area contributed by atoms with Gasteiger partial charge in [-0.25, -0.2) is 0 Å². The molecule has 1 fully saturated rings. The molecule has 0 amide bonds. The number of ether oxygens (including phenoxy) is 3. The minimum Gasteiger partial charge on any atom is -0.493 e. The summed E-state index contributed by atoms with van der Waals surface area (Å²) < 4.78 is 16.7. The summed E-state index contributed by atoms with van der Waals surface area (Å²) in [5, 5.41) is 0. The molecule has 4 nitrogen and oxygen atoms in total. The minimum absolute atomic E-state index is 0.421. The van der Waals surface area contributed by atoms with E-state index in [2.05, 4.69) is 0 Å². The number of carbonyl (C=O) groups is 1. The van der Waals surface area contributed by atoms with Crippen LogP contribution in [0.1, 0.15) is 17.5 Å². The standard InChI is InChI=1S/C19H20O4/c1-21-18-11-16(19(13-20)9-10-22-14-19)7-8-17(18)23-12-15-5-3-2-4-6-15/h2-8,11,13H,9-10,12,14H2,1H3. The number of aldehydes is 1. The average Bonchev–Trinajstić information content (AvgIpc) is 3.11. The first kappa shape index (κ1) is 15.6. The van der Waals surface area contributed by atoms with Crippen LogP contribution in [0.2, 0.25) is 0 Å². The Hall–Kier alpha value is -2.33. The molecule has 2 aromatic carbocycles. The van der Waals surface area contributed by atoms with Gasteiger partial charge in [0.25, 0.3) is 0 Å². The van der Waals surface area contributed by atoms with Crippen molar-refractivity contribution in [2.45, 2.75) is 18.4 Å². The smallest absolute Gasteiger partial charge is 0.161 e. The van der Waals surface area contributed by atoms with Crippen molar-refractivity contribution in [2.75, 3.05) is 20.3 Å². The quantitative estimate of drug-likeness (QED) is 0.769. The molecule has 0 aromatic heterocycles. The van der Waals surface area contributed by atoms with Crippen LogP contribution in [0, 0.1) is 0 Å². The number of benzene rings is 2. The van der Waals surface area contributed by atoms with Gasteiger partial charge in [-0.2, -0.15) is 0 Å². The van der Waals surface area contributed by atoms with E-state index in [0.717, 1.165) is 17.4 Å². The number of carbonyl (C=O) groups excluding carboxylic acids is 1. The molecule has 1 aliphatic heterocycles. The van der Waals surface area contributed by atoms with E-state index >= 15 is 0 Å². The maximum absolute atomic E-state index is 11.6. The van der Waals surface area contributed by atoms with Gasteiger partial charge in [0.05, 0.1) is 19.1 Å². The summed E-state index contributed by atoms with van der Waals surface area (Å²) in [5.41, 5.74) is 1.44. The van der Waals surface area contributed by atoms with Crippen molar-refractivity contribution in [3.8, 4) is 11.5 Å². The van der Waals surface area contributed by atoms with Gasteiger partial charge in [0, 0.05) is 6.61 Å². The highest BCUT2D eigenvalue weighted by Crippen LogP contribution is 2.37. The number of hydrogen-bond donors (Lipinski definition) is 0. The second-order valence-electron chi connectivity index (χ2n) is 5.72. The van der Waals surface area contributed by atoms with E-state index in [1.807, 2.05) is 48.5 Å². The van der Waals surface area contributed by atoms with Crippen LogP contribution < -0.4 is 9.47 Å². The predicted molar refractivity (Wildman–Crippen MR) is 86.9 cm³/mol. The molecular weight excluding hydrogens is 292 g/mol. The zero-order chi connectivity index (χ0) is 16.1. The van der Waals surface area contributed by atoms with Crippen molar-refractivity contribution in [3.63, 3.8) is 0 Å². The van der Waals surface area contributed by atoms with Gasteiger partial charge >= 0.3 is 0 Å². The van der Waals surface area contributed by atoms with Crippen LogP contribution in [0.5, 0.6) is 11.5 Å². The summed E-state index contributed by atoms with van der Waals surface area (Å²) >= 11 is 0. The van der Waals surface area contributed by atoms with Crippen molar-refractivity contribution in [3.05, 3.63) is 59.7 Å². The van der Waals surface area contributed by atoms with Gasteiger partial charge in [-0.3, -0.25) is 0 Å². The normalized spacial score (nSPS) is 20.2.